The third-order valence-corrected chi connectivity index (χ3v) is 4.07. The summed E-state index contributed by atoms with van der Waals surface area (Å²) in [4.78, 5) is 0. The highest BCUT2D eigenvalue weighted by Crippen LogP contribution is 2.36. The van der Waals surface area contributed by atoms with Crippen molar-refractivity contribution in [2.45, 2.75) is 37.0 Å². The van der Waals surface area contributed by atoms with E-state index in [1.807, 2.05) is 0 Å². The van der Waals surface area contributed by atoms with Crippen LogP contribution in [-0.2, 0) is 14.3 Å². The minimum atomic E-state index is -3.08. The van der Waals surface area contributed by atoms with Gasteiger partial charge in [0, 0.05) is 0 Å². The summed E-state index contributed by atoms with van der Waals surface area (Å²) < 4.78 is 26.4. The van der Waals surface area contributed by atoms with Crippen LogP contribution >= 0.6 is 0 Å². The van der Waals surface area contributed by atoms with Gasteiger partial charge in [-0.2, -0.15) is 8.42 Å². The summed E-state index contributed by atoms with van der Waals surface area (Å²) in [5.41, 5.74) is 0. The van der Waals surface area contributed by atoms with E-state index in [1.54, 1.807) is 0 Å². The minimum absolute atomic E-state index is 0.0405. The van der Waals surface area contributed by atoms with Crippen molar-refractivity contribution in [2.75, 3.05) is 0 Å². The van der Waals surface area contributed by atoms with E-state index < -0.39 is 10.1 Å². The van der Waals surface area contributed by atoms with Crippen LogP contribution in [0.2, 0.25) is 0 Å². The Hall–Kier alpha value is -0.0900. The second-order valence-corrected chi connectivity index (χ2v) is 4.73. The van der Waals surface area contributed by atoms with E-state index in [4.69, 9.17) is 4.18 Å². The predicted octanol–water partition coefficient (Wildman–Crippen LogP) is 0.658. The molecular formula is C6H10O3S. The van der Waals surface area contributed by atoms with Crippen LogP contribution in [-0.4, -0.2) is 19.8 Å². The summed E-state index contributed by atoms with van der Waals surface area (Å²) in [6.07, 6.45) is 3.95. The average Bonchev–Trinajstić information content (AvgIpc) is 1.86. The van der Waals surface area contributed by atoms with Gasteiger partial charge in [0.2, 0.25) is 0 Å². The lowest BCUT2D eigenvalue weighted by atomic mass is 9.97. The molecule has 1 saturated carbocycles. The van der Waals surface area contributed by atoms with E-state index >= 15 is 0 Å². The highest BCUT2D eigenvalue weighted by Gasteiger charge is 2.48. The molecule has 1 saturated heterocycles. The Labute approximate surface area is 60.5 Å². The molecule has 0 aromatic rings. The summed E-state index contributed by atoms with van der Waals surface area (Å²) in [6.45, 7) is 0. The van der Waals surface area contributed by atoms with Crippen LogP contribution in [0.15, 0.2) is 0 Å². The summed E-state index contributed by atoms with van der Waals surface area (Å²) in [7, 11) is -3.08. The number of hydrogen-bond donors (Lipinski definition) is 0. The number of rotatable bonds is 0. The first-order chi connectivity index (χ1) is 4.70. The quantitative estimate of drug-likeness (QED) is 0.491. The molecule has 2 fully saturated rings. The molecule has 1 aliphatic heterocycles. The highest BCUT2D eigenvalue weighted by atomic mass is 32.2. The fraction of sp³-hybridized carbons (Fsp3) is 1.00. The molecule has 0 aromatic carbocycles. The molecule has 2 atom stereocenters. The normalized spacial score (nSPS) is 43.6. The van der Waals surface area contributed by atoms with Gasteiger partial charge in [-0.15, -0.1) is 0 Å². The topological polar surface area (TPSA) is 43.4 Å². The van der Waals surface area contributed by atoms with Gasteiger partial charge in [0.15, 0.2) is 0 Å². The van der Waals surface area contributed by atoms with Gasteiger partial charge >= 0.3 is 0 Å². The molecule has 0 amide bonds. The van der Waals surface area contributed by atoms with Crippen molar-refractivity contribution < 1.29 is 12.6 Å². The van der Waals surface area contributed by atoms with E-state index in [-0.39, 0.29) is 11.4 Å². The Morgan fingerprint density at radius 2 is 1.90 bits per heavy atom. The fourth-order valence-corrected chi connectivity index (χ4v) is 3.26. The first kappa shape index (κ1) is 6.61. The van der Waals surface area contributed by atoms with E-state index in [0.717, 1.165) is 25.7 Å². The zero-order valence-electron chi connectivity index (χ0n) is 5.62. The van der Waals surface area contributed by atoms with Crippen LogP contribution in [0.4, 0.5) is 0 Å². The SMILES string of the molecule is O=S1(=O)OC2CCCCC21. The van der Waals surface area contributed by atoms with Gasteiger partial charge in [-0.3, -0.25) is 4.18 Å². The van der Waals surface area contributed by atoms with Crippen LogP contribution in [0.25, 0.3) is 0 Å². The molecule has 0 radical (unpaired) electrons. The smallest absolute Gasteiger partial charge is 0.265 e. The van der Waals surface area contributed by atoms with Gasteiger partial charge in [0.05, 0.1) is 6.10 Å². The maximum atomic E-state index is 10.8. The molecule has 1 aliphatic carbocycles. The van der Waals surface area contributed by atoms with Crippen molar-refractivity contribution in [3.05, 3.63) is 0 Å². The van der Waals surface area contributed by atoms with Crippen molar-refractivity contribution in [1.29, 1.82) is 0 Å². The summed E-state index contributed by atoms with van der Waals surface area (Å²) in [5.74, 6) is 0. The molecule has 0 N–H and O–H groups in total. The Balaban J connectivity index is 2.15. The molecule has 2 rings (SSSR count). The second-order valence-electron chi connectivity index (χ2n) is 2.95. The summed E-state index contributed by atoms with van der Waals surface area (Å²) in [6, 6.07) is 0. The third-order valence-electron chi connectivity index (χ3n) is 2.27. The Morgan fingerprint density at radius 1 is 1.20 bits per heavy atom. The average molecular weight is 162 g/mol. The Bertz CT molecular complexity index is 231. The molecule has 3 nitrogen and oxygen atoms in total. The molecule has 0 bridgehead atoms. The van der Waals surface area contributed by atoms with Crippen LogP contribution in [0.5, 0.6) is 0 Å². The van der Waals surface area contributed by atoms with E-state index in [2.05, 4.69) is 0 Å². The van der Waals surface area contributed by atoms with Crippen LogP contribution in [0, 0.1) is 0 Å². The predicted molar refractivity (Wildman–Crippen MR) is 36.0 cm³/mol. The minimum Gasteiger partial charge on any atom is -0.265 e. The van der Waals surface area contributed by atoms with Crippen LogP contribution in [0.3, 0.4) is 0 Å². The van der Waals surface area contributed by atoms with E-state index in [1.165, 1.54) is 0 Å². The van der Waals surface area contributed by atoms with Gasteiger partial charge in [-0.1, -0.05) is 12.8 Å². The molecule has 0 aromatic heterocycles. The zero-order chi connectivity index (χ0) is 7.19. The number of fused-ring (bicyclic) bond motifs is 1. The highest BCUT2D eigenvalue weighted by molar-refractivity contribution is 7.88. The van der Waals surface area contributed by atoms with Gasteiger partial charge in [0.25, 0.3) is 10.1 Å². The maximum absolute atomic E-state index is 10.8. The van der Waals surface area contributed by atoms with Crippen molar-refractivity contribution >= 4 is 10.1 Å². The first-order valence-corrected chi connectivity index (χ1v) is 5.09. The van der Waals surface area contributed by atoms with Gasteiger partial charge in [-0.25, -0.2) is 0 Å². The van der Waals surface area contributed by atoms with Crippen molar-refractivity contribution in [3.8, 4) is 0 Å². The lowest BCUT2D eigenvalue weighted by Crippen LogP contribution is -2.51. The van der Waals surface area contributed by atoms with Crippen LogP contribution in [0.1, 0.15) is 25.7 Å². The monoisotopic (exact) mass is 162 g/mol. The number of hydrogen-bond acceptors (Lipinski definition) is 3. The maximum Gasteiger partial charge on any atom is 0.273 e. The molecular weight excluding hydrogens is 152 g/mol. The Morgan fingerprint density at radius 3 is 2.40 bits per heavy atom. The summed E-state index contributed by atoms with van der Waals surface area (Å²) >= 11 is 0. The largest absolute Gasteiger partial charge is 0.273 e. The second kappa shape index (κ2) is 1.95. The molecule has 4 heteroatoms. The fourth-order valence-electron chi connectivity index (χ4n) is 1.69. The van der Waals surface area contributed by atoms with Crippen molar-refractivity contribution in [1.82, 2.24) is 0 Å². The molecule has 10 heavy (non-hydrogen) atoms. The van der Waals surface area contributed by atoms with E-state index in [9.17, 15) is 8.42 Å². The molecule has 2 aliphatic rings. The lowest BCUT2D eigenvalue weighted by molar-refractivity contribution is 0.104. The van der Waals surface area contributed by atoms with Gasteiger partial charge in [-0.05, 0) is 12.8 Å². The third kappa shape index (κ3) is 0.787. The first-order valence-electron chi connectivity index (χ1n) is 3.62. The van der Waals surface area contributed by atoms with Crippen molar-refractivity contribution in [3.63, 3.8) is 0 Å². The van der Waals surface area contributed by atoms with Gasteiger partial charge in [0.1, 0.15) is 5.25 Å². The van der Waals surface area contributed by atoms with Crippen molar-refractivity contribution in [2.24, 2.45) is 0 Å². The molecule has 1 heterocycles. The molecule has 58 valence electrons. The zero-order valence-corrected chi connectivity index (χ0v) is 6.43. The lowest BCUT2D eigenvalue weighted by Gasteiger charge is -2.38. The van der Waals surface area contributed by atoms with Gasteiger partial charge < -0.3 is 0 Å². The van der Waals surface area contributed by atoms with E-state index in [0.29, 0.717) is 0 Å². The Kier molecular flexibility index (Phi) is 1.29. The van der Waals surface area contributed by atoms with Crippen LogP contribution < -0.4 is 0 Å². The summed E-state index contributed by atoms with van der Waals surface area (Å²) in [5, 5.41) is -0.152. The molecule has 2 unspecified atom stereocenters. The standard InChI is InChI=1S/C6H10O3S/c7-10(8)6-4-2-1-3-5(6)9-10/h5-6H,1-4H2. The molecule has 0 spiro atoms.